The van der Waals surface area contributed by atoms with Crippen LogP contribution in [0.5, 0.6) is 5.75 Å². The van der Waals surface area contributed by atoms with Crippen LogP contribution in [0, 0.1) is 0 Å². The fraction of sp³-hybridized carbons (Fsp3) is 0.364. The molecule has 0 saturated heterocycles. The zero-order chi connectivity index (χ0) is 23.0. The number of nitrogens with one attached hydrogen (secondary N) is 2. The summed E-state index contributed by atoms with van der Waals surface area (Å²) in [4.78, 5) is 25.3. The molecule has 0 aliphatic carbocycles. The zero-order valence-electron chi connectivity index (χ0n) is 18.2. The first-order valence-electron chi connectivity index (χ1n) is 10.1. The summed E-state index contributed by atoms with van der Waals surface area (Å²) in [5.41, 5.74) is 0.876. The highest BCUT2D eigenvalue weighted by molar-refractivity contribution is 7.92. The Labute approximate surface area is 183 Å². The smallest absolute Gasteiger partial charge is 0.253 e. The molecule has 0 aromatic heterocycles. The van der Waals surface area contributed by atoms with E-state index in [1.165, 1.54) is 0 Å². The molecule has 0 heterocycles. The van der Waals surface area contributed by atoms with E-state index in [1.54, 1.807) is 55.5 Å². The molecule has 1 atom stereocenters. The van der Waals surface area contributed by atoms with Gasteiger partial charge in [0.15, 0.2) is 0 Å². The van der Waals surface area contributed by atoms with Crippen molar-refractivity contribution in [3.8, 4) is 5.75 Å². The van der Waals surface area contributed by atoms with Gasteiger partial charge in [-0.1, -0.05) is 31.2 Å². The number of hydrogen-bond donors (Lipinski definition) is 2. The molecule has 2 aromatic rings. The highest BCUT2D eigenvalue weighted by Gasteiger charge is 2.24. The Morgan fingerprint density at radius 2 is 1.71 bits per heavy atom. The highest BCUT2D eigenvalue weighted by Crippen LogP contribution is 2.30. The number of carbonyl (C=O) groups excluding carboxylic acids is 2. The summed E-state index contributed by atoms with van der Waals surface area (Å²) < 4.78 is 31.4. The Morgan fingerprint density at radius 1 is 1.06 bits per heavy atom. The number of anilines is 2. The summed E-state index contributed by atoms with van der Waals surface area (Å²) >= 11 is 0. The van der Waals surface area contributed by atoms with Crippen LogP contribution < -0.4 is 19.7 Å². The maximum absolute atomic E-state index is 12.8. The van der Waals surface area contributed by atoms with Gasteiger partial charge in [0, 0.05) is 6.04 Å². The molecule has 0 fully saturated rings. The van der Waals surface area contributed by atoms with E-state index in [0.717, 1.165) is 17.0 Å². The maximum Gasteiger partial charge on any atom is 0.253 e. The quantitative estimate of drug-likeness (QED) is 0.583. The van der Waals surface area contributed by atoms with E-state index in [0.29, 0.717) is 23.6 Å². The monoisotopic (exact) mass is 447 g/mol. The first-order valence-corrected chi connectivity index (χ1v) is 11.9. The van der Waals surface area contributed by atoms with Gasteiger partial charge >= 0.3 is 0 Å². The van der Waals surface area contributed by atoms with Gasteiger partial charge < -0.3 is 15.4 Å². The number of para-hydroxylation sites is 3. The van der Waals surface area contributed by atoms with Crippen molar-refractivity contribution in [1.82, 2.24) is 5.32 Å². The number of benzene rings is 2. The van der Waals surface area contributed by atoms with Crippen LogP contribution in [0.3, 0.4) is 0 Å². The number of carbonyl (C=O) groups is 2. The van der Waals surface area contributed by atoms with Gasteiger partial charge in [0.1, 0.15) is 12.3 Å². The van der Waals surface area contributed by atoms with Crippen molar-refractivity contribution in [2.24, 2.45) is 0 Å². The Balaban J connectivity index is 2.27. The number of sulfonamides is 1. The molecule has 168 valence electrons. The van der Waals surface area contributed by atoms with Gasteiger partial charge in [-0.3, -0.25) is 13.9 Å². The van der Waals surface area contributed by atoms with Gasteiger partial charge in [0.2, 0.25) is 15.9 Å². The first kappa shape index (κ1) is 24.2. The minimum atomic E-state index is -3.78. The molecule has 8 nitrogen and oxygen atoms in total. The summed E-state index contributed by atoms with van der Waals surface area (Å²) in [7, 11) is -3.78. The molecule has 9 heteroatoms. The van der Waals surface area contributed by atoms with Crippen molar-refractivity contribution < 1.29 is 22.7 Å². The molecule has 31 heavy (non-hydrogen) atoms. The van der Waals surface area contributed by atoms with Crippen LogP contribution in [-0.2, 0) is 14.8 Å². The molecule has 0 aliphatic rings. The number of amides is 2. The maximum atomic E-state index is 12.8. The summed E-state index contributed by atoms with van der Waals surface area (Å²) in [6.45, 7) is 5.51. The molecule has 0 unspecified atom stereocenters. The van der Waals surface area contributed by atoms with E-state index >= 15 is 0 Å². The fourth-order valence-corrected chi connectivity index (χ4v) is 3.70. The van der Waals surface area contributed by atoms with E-state index in [2.05, 4.69) is 10.6 Å². The lowest BCUT2D eigenvalue weighted by molar-refractivity contribution is -0.114. The Kier molecular flexibility index (Phi) is 8.44. The predicted octanol–water partition coefficient (Wildman–Crippen LogP) is 3.02. The summed E-state index contributed by atoms with van der Waals surface area (Å²) in [5.74, 6) is -0.538. The van der Waals surface area contributed by atoms with Crippen LogP contribution in [0.1, 0.15) is 37.6 Å². The van der Waals surface area contributed by atoms with Gasteiger partial charge in [0.05, 0.1) is 29.8 Å². The molecule has 2 rings (SSSR count). The predicted molar refractivity (Wildman–Crippen MR) is 122 cm³/mol. The first-order chi connectivity index (χ1) is 14.7. The minimum Gasteiger partial charge on any atom is -0.492 e. The molecular formula is C22H29N3O5S. The van der Waals surface area contributed by atoms with E-state index < -0.39 is 22.5 Å². The van der Waals surface area contributed by atoms with Gasteiger partial charge in [-0.05, 0) is 44.5 Å². The van der Waals surface area contributed by atoms with Crippen LogP contribution in [0.4, 0.5) is 11.4 Å². The van der Waals surface area contributed by atoms with E-state index in [9.17, 15) is 18.0 Å². The van der Waals surface area contributed by atoms with Crippen LogP contribution >= 0.6 is 0 Å². The number of hydrogen-bond acceptors (Lipinski definition) is 5. The van der Waals surface area contributed by atoms with Crippen LogP contribution in [-0.4, -0.2) is 45.7 Å². The molecule has 0 spiro atoms. The second kappa shape index (κ2) is 10.8. The number of ether oxygens (including phenoxy) is 1. The largest absolute Gasteiger partial charge is 0.492 e. The third-order valence-electron chi connectivity index (χ3n) is 4.56. The van der Waals surface area contributed by atoms with Crippen molar-refractivity contribution in [2.75, 3.05) is 29.0 Å². The Hall–Kier alpha value is -3.07. The lowest BCUT2D eigenvalue weighted by Gasteiger charge is -2.24. The topological polar surface area (TPSA) is 105 Å². The molecule has 2 N–H and O–H groups in total. The highest BCUT2D eigenvalue weighted by atomic mass is 32.2. The standard InChI is InChI=1S/C22H29N3O5S/c1-5-16(3)23-22(27)17-11-7-8-12-18(17)24-21(26)15-25(31(4,28)29)19-13-9-10-14-20(19)30-6-2/h7-14,16H,5-6,15H2,1-4H3,(H,23,27)(H,24,26)/t16-/m0/s1. The molecule has 0 radical (unpaired) electrons. The molecule has 2 aromatic carbocycles. The summed E-state index contributed by atoms with van der Waals surface area (Å²) in [6.07, 6.45) is 1.79. The summed E-state index contributed by atoms with van der Waals surface area (Å²) in [6, 6.07) is 13.2. The second-order valence-corrected chi connectivity index (χ2v) is 8.95. The lowest BCUT2D eigenvalue weighted by Crippen LogP contribution is -2.38. The Morgan fingerprint density at radius 3 is 2.35 bits per heavy atom. The van der Waals surface area contributed by atoms with E-state index in [-0.39, 0.29) is 17.6 Å². The van der Waals surface area contributed by atoms with Crippen molar-refractivity contribution in [1.29, 1.82) is 0 Å². The van der Waals surface area contributed by atoms with Gasteiger partial charge in [-0.25, -0.2) is 8.42 Å². The van der Waals surface area contributed by atoms with Gasteiger partial charge in [-0.2, -0.15) is 0 Å². The molecular weight excluding hydrogens is 418 g/mol. The summed E-state index contributed by atoms with van der Waals surface area (Å²) in [5, 5.41) is 5.52. The lowest BCUT2D eigenvalue weighted by atomic mass is 10.1. The van der Waals surface area contributed by atoms with Gasteiger partial charge in [-0.15, -0.1) is 0 Å². The Bertz CT molecular complexity index is 1020. The third kappa shape index (κ3) is 6.71. The molecule has 2 amide bonds. The minimum absolute atomic E-state index is 0.0212. The normalized spacial score (nSPS) is 12.0. The zero-order valence-corrected chi connectivity index (χ0v) is 19.0. The van der Waals surface area contributed by atoms with Crippen molar-refractivity contribution in [3.63, 3.8) is 0 Å². The van der Waals surface area contributed by atoms with Crippen molar-refractivity contribution >= 4 is 33.2 Å². The average Bonchev–Trinajstić information content (AvgIpc) is 2.72. The third-order valence-corrected chi connectivity index (χ3v) is 5.68. The number of nitrogens with zero attached hydrogens (tertiary/aromatic N) is 1. The molecule has 0 bridgehead atoms. The van der Waals surface area contributed by atoms with Crippen molar-refractivity contribution in [2.45, 2.75) is 33.2 Å². The molecule has 0 saturated carbocycles. The second-order valence-electron chi connectivity index (χ2n) is 7.05. The fourth-order valence-electron chi connectivity index (χ4n) is 2.84. The number of rotatable bonds is 10. The molecule has 0 aliphatic heterocycles. The van der Waals surface area contributed by atoms with E-state index in [1.807, 2.05) is 13.8 Å². The average molecular weight is 448 g/mol. The SMILES string of the molecule is CCOc1ccccc1N(CC(=O)Nc1ccccc1C(=O)N[C@@H](C)CC)S(C)(=O)=O. The van der Waals surface area contributed by atoms with Gasteiger partial charge in [0.25, 0.3) is 5.91 Å². The van der Waals surface area contributed by atoms with Crippen LogP contribution in [0.25, 0.3) is 0 Å². The van der Waals surface area contributed by atoms with Crippen LogP contribution in [0.15, 0.2) is 48.5 Å². The van der Waals surface area contributed by atoms with E-state index in [4.69, 9.17) is 4.74 Å². The van der Waals surface area contributed by atoms with Crippen LogP contribution in [0.2, 0.25) is 0 Å². The van der Waals surface area contributed by atoms with Crippen molar-refractivity contribution in [3.05, 3.63) is 54.1 Å².